The number of fused-ring (bicyclic) bond motifs is 1. The van der Waals surface area contributed by atoms with Gasteiger partial charge in [-0.25, -0.2) is 4.79 Å². The number of carbonyl (C=O) groups excluding carboxylic acids is 3. The Balaban J connectivity index is 2.32. The summed E-state index contributed by atoms with van der Waals surface area (Å²) in [5.74, 6) is -3.76. The van der Waals surface area contributed by atoms with E-state index in [1.165, 1.54) is 6.92 Å². The van der Waals surface area contributed by atoms with E-state index in [9.17, 15) is 29.4 Å². The zero-order valence-corrected chi connectivity index (χ0v) is 21.2. The fourth-order valence-corrected chi connectivity index (χ4v) is 3.72. The summed E-state index contributed by atoms with van der Waals surface area (Å²) in [5.41, 5.74) is 7.48. The van der Waals surface area contributed by atoms with Crippen LogP contribution in [0, 0.1) is 11.8 Å². The number of carbonyl (C=O) groups is 4. The minimum Gasteiger partial charge on any atom is -0.480 e. The van der Waals surface area contributed by atoms with Crippen LogP contribution in [0.15, 0.2) is 30.5 Å². The molecule has 0 bridgehead atoms. The molecule has 0 fully saturated rings. The second-order valence-electron chi connectivity index (χ2n) is 9.69. The summed E-state index contributed by atoms with van der Waals surface area (Å²) >= 11 is 0. The van der Waals surface area contributed by atoms with Crippen molar-refractivity contribution in [3.05, 3.63) is 36.0 Å². The molecule has 1 aromatic heterocycles. The molecule has 2 aromatic rings. The number of aromatic nitrogens is 1. The average molecular weight is 504 g/mol. The minimum absolute atomic E-state index is 0.0397. The summed E-state index contributed by atoms with van der Waals surface area (Å²) in [5, 5.41) is 27.7. The maximum Gasteiger partial charge on any atom is 0.328 e. The molecule has 5 atom stereocenters. The molecule has 0 saturated carbocycles. The lowest BCUT2D eigenvalue weighted by Crippen LogP contribution is -2.60. The molecule has 1 aromatic carbocycles. The first kappa shape index (κ1) is 28.8. The van der Waals surface area contributed by atoms with Crippen LogP contribution >= 0.6 is 0 Å². The van der Waals surface area contributed by atoms with Gasteiger partial charge < -0.3 is 36.9 Å². The minimum atomic E-state index is -1.57. The van der Waals surface area contributed by atoms with Crippen molar-refractivity contribution in [1.82, 2.24) is 20.9 Å². The number of benzene rings is 1. The van der Waals surface area contributed by atoms with Crippen molar-refractivity contribution in [2.45, 2.75) is 71.3 Å². The van der Waals surface area contributed by atoms with E-state index < -0.39 is 54.0 Å². The third-order valence-corrected chi connectivity index (χ3v) is 6.05. The van der Waals surface area contributed by atoms with Gasteiger partial charge in [0.25, 0.3) is 0 Å². The lowest BCUT2D eigenvalue weighted by Gasteiger charge is -2.28. The number of carboxylic acid groups (broad SMARTS) is 1. The van der Waals surface area contributed by atoms with E-state index in [-0.39, 0.29) is 18.3 Å². The molecule has 0 spiro atoms. The maximum atomic E-state index is 13.3. The number of nitrogens with two attached hydrogens (primary N) is 1. The van der Waals surface area contributed by atoms with Crippen molar-refractivity contribution in [2.75, 3.05) is 0 Å². The molecule has 2 rings (SSSR count). The van der Waals surface area contributed by atoms with E-state index in [4.69, 9.17) is 5.73 Å². The Hall–Kier alpha value is -3.44. The zero-order valence-electron chi connectivity index (χ0n) is 21.2. The van der Waals surface area contributed by atoms with Crippen molar-refractivity contribution >= 4 is 34.6 Å². The number of amides is 3. The van der Waals surface area contributed by atoms with Gasteiger partial charge >= 0.3 is 5.97 Å². The topological polar surface area (TPSA) is 187 Å². The van der Waals surface area contributed by atoms with E-state index in [1.54, 1.807) is 33.9 Å². The standard InChI is InChI=1S/C25H37N5O6/c1-12(2)19(26)23(33)29-20(13(3)4)24(34)28-18(22(32)30-21(14(5)31)25(35)36)10-15-11-27-17-9-7-6-8-16(15)17/h6-9,11-14,18-21,27,31H,10,26H2,1-5H3,(H,28,34)(H,29,33)(H,30,32)(H,35,36). The third kappa shape index (κ3) is 7.28. The highest BCUT2D eigenvalue weighted by molar-refractivity contribution is 5.95. The molecule has 11 heteroatoms. The SMILES string of the molecule is CC(C)C(N)C(=O)NC(C(=O)NC(Cc1c[nH]c2ccccc12)C(=O)NC(C(=O)O)C(C)O)C(C)C. The highest BCUT2D eigenvalue weighted by Gasteiger charge is 2.33. The number of aliphatic hydroxyl groups excluding tert-OH is 1. The molecule has 1 heterocycles. The molecule has 0 saturated heterocycles. The van der Waals surface area contributed by atoms with Crippen molar-refractivity contribution in [2.24, 2.45) is 17.6 Å². The molecule has 5 unspecified atom stereocenters. The first-order chi connectivity index (χ1) is 16.8. The van der Waals surface area contributed by atoms with Gasteiger partial charge in [0.1, 0.15) is 12.1 Å². The second kappa shape index (κ2) is 12.5. The van der Waals surface area contributed by atoms with Crippen molar-refractivity contribution in [1.29, 1.82) is 0 Å². The van der Waals surface area contributed by atoms with E-state index in [2.05, 4.69) is 20.9 Å². The van der Waals surface area contributed by atoms with Crippen LogP contribution in [0.3, 0.4) is 0 Å². The van der Waals surface area contributed by atoms with Crippen LogP contribution in [0.4, 0.5) is 0 Å². The molecule has 3 amide bonds. The molecule has 0 radical (unpaired) electrons. The van der Waals surface area contributed by atoms with E-state index in [0.717, 1.165) is 16.5 Å². The van der Waals surface area contributed by atoms with Crippen LogP contribution in [0.1, 0.15) is 40.2 Å². The Morgan fingerprint density at radius 3 is 2.06 bits per heavy atom. The molecule has 11 nitrogen and oxygen atoms in total. The lowest BCUT2D eigenvalue weighted by atomic mass is 9.99. The Morgan fingerprint density at radius 2 is 1.50 bits per heavy atom. The number of hydrogen-bond acceptors (Lipinski definition) is 6. The maximum absolute atomic E-state index is 13.3. The van der Waals surface area contributed by atoms with Gasteiger partial charge in [0.05, 0.1) is 12.1 Å². The molecule has 36 heavy (non-hydrogen) atoms. The number of H-pyrrole nitrogens is 1. The average Bonchev–Trinajstić information content (AvgIpc) is 3.21. The number of aromatic amines is 1. The molecule has 0 aliphatic rings. The van der Waals surface area contributed by atoms with Gasteiger partial charge in [0.15, 0.2) is 6.04 Å². The van der Waals surface area contributed by atoms with Crippen LogP contribution in [0.5, 0.6) is 0 Å². The van der Waals surface area contributed by atoms with Crippen molar-refractivity contribution < 1.29 is 29.4 Å². The molecule has 198 valence electrons. The number of carboxylic acids is 1. The first-order valence-electron chi connectivity index (χ1n) is 12.0. The number of nitrogens with one attached hydrogen (secondary N) is 4. The number of aliphatic hydroxyl groups is 1. The molecular formula is C25H37N5O6. The molecular weight excluding hydrogens is 466 g/mol. The van der Waals surface area contributed by atoms with Gasteiger partial charge in [-0.2, -0.15) is 0 Å². The zero-order chi connectivity index (χ0) is 27.2. The van der Waals surface area contributed by atoms with Crippen LogP contribution in [-0.4, -0.2) is 69.2 Å². The Kier molecular flexibility index (Phi) is 10.00. The van der Waals surface area contributed by atoms with E-state index in [0.29, 0.717) is 0 Å². The van der Waals surface area contributed by atoms with Crippen LogP contribution in [0.25, 0.3) is 10.9 Å². The van der Waals surface area contributed by atoms with Gasteiger partial charge in [0.2, 0.25) is 17.7 Å². The van der Waals surface area contributed by atoms with Crippen molar-refractivity contribution in [3.8, 4) is 0 Å². The number of rotatable bonds is 12. The quantitative estimate of drug-likeness (QED) is 0.216. The predicted molar refractivity (Wildman–Crippen MR) is 135 cm³/mol. The summed E-state index contributed by atoms with van der Waals surface area (Å²) in [6.45, 7) is 8.31. The summed E-state index contributed by atoms with van der Waals surface area (Å²) in [4.78, 5) is 53.6. The van der Waals surface area contributed by atoms with E-state index >= 15 is 0 Å². The number of para-hydroxylation sites is 1. The summed E-state index contributed by atoms with van der Waals surface area (Å²) in [6.07, 6.45) is 0.387. The van der Waals surface area contributed by atoms with Gasteiger partial charge in [-0.15, -0.1) is 0 Å². The largest absolute Gasteiger partial charge is 0.480 e. The van der Waals surface area contributed by atoms with E-state index in [1.807, 2.05) is 24.3 Å². The molecule has 0 aliphatic heterocycles. The normalized spacial score (nSPS) is 15.7. The Morgan fingerprint density at radius 1 is 0.889 bits per heavy atom. The van der Waals surface area contributed by atoms with Gasteiger partial charge in [-0.05, 0) is 30.4 Å². The second-order valence-corrected chi connectivity index (χ2v) is 9.69. The lowest BCUT2D eigenvalue weighted by molar-refractivity contribution is -0.145. The third-order valence-electron chi connectivity index (χ3n) is 6.05. The smallest absolute Gasteiger partial charge is 0.328 e. The fraction of sp³-hybridized carbons (Fsp3) is 0.520. The number of aliphatic carboxylic acids is 1. The van der Waals surface area contributed by atoms with Gasteiger partial charge in [0, 0.05) is 23.5 Å². The van der Waals surface area contributed by atoms with Gasteiger partial charge in [-0.3, -0.25) is 14.4 Å². The van der Waals surface area contributed by atoms with Crippen LogP contribution in [-0.2, 0) is 25.6 Å². The molecule has 0 aliphatic carbocycles. The Bertz CT molecular complexity index is 1080. The van der Waals surface area contributed by atoms with Gasteiger partial charge in [-0.1, -0.05) is 45.9 Å². The Labute approximate surface area is 210 Å². The fourth-order valence-electron chi connectivity index (χ4n) is 3.72. The van der Waals surface area contributed by atoms with Crippen LogP contribution in [0.2, 0.25) is 0 Å². The predicted octanol–water partition coefficient (Wildman–Crippen LogP) is 0.270. The molecule has 8 N–H and O–H groups in total. The highest BCUT2D eigenvalue weighted by Crippen LogP contribution is 2.19. The first-order valence-corrected chi connectivity index (χ1v) is 12.0. The number of hydrogen-bond donors (Lipinski definition) is 7. The van der Waals surface area contributed by atoms with Crippen LogP contribution < -0.4 is 21.7 Å². The highest BCUT2D eigenvalue weighted by atomic mass is 16.4. The summed E-state index contributed by atoms with van der Waals surface area (Å²) < 4.78 is 0. The summed E-state index contributed by atoms with van der Waals surface area (Å²) in [6, 6.07) is 2.87. The summed E-state index contributed by atoms with van der Waals surface area (Å²) in [7, 11) is 0. The monoisotopic (exact) mass is 503 g/mol. The van der Waals surface area contributed by atoms with Crippen molar-refractivity contribution in [3.63, 3.8) is 0 Å².